The van der Waals surface area contributed by atoms with Crippen molar-refractivity contribution in [1.29, 1.82) is 0 Å². The Morgan fingerprint density at radius 1 is 1.09 bits per heavy atom. The highest BCUT2D eigenvalue weighted by Gasteiger charge is 2.42. The number of pyridine rings is 2. The highest BCUT2D eigenvalue weighted by atomic mass is 16.5. The van der Waals surface area contributed by atoms with E-state index in [2.05, 4.69) is 21.3 Å². The quantitative estimate of drug-likeness (QED) is 0.373. The molecule has 5 aliphatic rings. The van der Waals surface area contributed by atoms with Gasteiger partial charge in [0, 0.05) is 67.9 Å². The molecule has 8 rings (SSSR count). The molecule has 4 saturated heterocycles. The Hall–Kier alpha value is -3.45. The van der Waals surface area contributed by atoms with Crippen LogP contribution in [0.4, 0.5) is 17.6 Å². The maximum atomic E-state index is 13.3. The van der Waals surface area contributed by atoms with Crippen molar-refractivity contribution in [2.45, 2.75) is 75.2 Å². The summed E-state index contributed by atoms with van der Waals surface area (Å²) in [7, 11) is 0. The van der Waals surface area contributed by atoms with Gasteiger partial charge in [0.25, 0.3) is 0 Å². The van der Waals surface area contributed by atoms with E-state index in [-0.39, 0.29) is 12.5 Å². The first-order chi connectivity index (χ1) is 21.0. The monoisotopic (exact) mass is 586 g/mol. The van der Waals surface area contributed by atoms with E-state index in [1.807, 2.05) is 28.1 Å². The molecule has 2 bridgehead atoms. The van der Waals surface area contributed by atoms with E-state index < -0.39 is 12.1 Å². The lowest BCUT2D eigenvalue weighted by molar-refractivity contribution is -0.137. The van der Waals surface area contributed by atoms with Crippen molar-refractivity contribution in [2.75, 3.05) is 49.7 Å². The second-order valence-electron chi connectivity index (χ2n) is 12.7. The minimum Gasteiger partial charge on any atom is -0.395 e. The predicted octanol–water partition coefficient (Wildman–Crippen LogP) is 1.72. The van der Waals surface area contributed by atoms with Crippen LogP contribution in [0.1, 0.15) is 55.0 Å². The molecule has 0 aromatic carbocycles. The largest absolute Gasteiger partial charge is 0.395 e. The number of carbonyl (C=O) groups excluding carboxylic acids is 1. The van der Waals surface area contributed by atoms with Crippen molar-refractivity contribution in [1.82, 2.24) is 29.7 Å². The molecule has 4 fully saturated rings. The zero-order chi connectivity index (χ0) is 29.1. The Kier molecular flexibility index (Phi) is 6.89. The number of β-amino-alcohol motifs (C(OH)–C–C–N with tert-alkyl or cyclic N) is 2. The molecule has 3 aromatic heterocycles. The molecule has 0 radical (unpaired) electrons. The van der Waals surface area contributed by atoms with Crippen LogP contribution in [0, 0.1) is 0 Å². The molecule has 8 heterocycles. The van der Waals surface area contributed by atoms with Crippen LogP contribution >= 0.6 is 0 Å². The Morgan fingerprint density at radius 3 is 2.65 bits per heavy atom. The van der Waals surface area contributed by atoms with Gasteiger partial charge in [-0.1, -0.05) is 6.07 Å². The smallest absolute Gasteiger partial charge is 0.240 e. The van der Waals surface area contributed by atoms with E-state index >= 15 is 0 Å². The lowest BCUT2D eigenvalue weighted by atomic mass is 10.0. The second kappa shape index (κ2) is 10.9. The summed E-state index contributed by atoms with van der Waals surface area (Å²) in [5.41, 5.74) is 3.91. The summed E-state index contributed by atoms with van der Waals surface area (Å²) in [6.45, 7) is 3.25. The van der Waals surface area contributed by atoms with Crippen LogP contribution in [-0.4, -0.2) is 110 Å². The van der Waals surface area contributed by atoms with E-state index in [0.717, 1.165) is 33.7 Å². The maximum absolute atomic E-state index is 13.3. The number of fused-ring (bicyclic) bond motifs is 4. The highest BCUT2D eigenvalue weighted by molar-refractivity contribution is 5.90. The molecule has 0 saturated carbocycles. The summed E-state index contributed by atoms with van der Waals surface area (Å²) < 4.78 is 5.46. The number of hydrogen-bond acceptors (Lipinski definition) is 11. The zero-order valence-electron chi connectivity index (χ0n) is 24.2. The molecular weight excluding hydrogens is 548 g/mol. The molecule has 12 heteroatoms. The molecule has 2 atom stereocenters. The number of carbonyl (C=O) groups is 1. The molecule has 226 valence electrons. The number of amides is 1. The van der Waals surface area contributed by atoms with Gasteiger partial charge in [0.05, 0.1) is 37.7 Å². The summed E-state index contributed by atoms with van der Waals surface area (Å²) in [6.07, 6.45) is 7.25. The minimum absolute atomic E-state index is 0.00580. The topological polar surface area (TPSA) is 140 Å². The van der Waals surface area contributed by atoms with E-state index in [4.69, 9.17) is 19.7 Å². The van der Waals surface area contributed by atoms with Crippen LogP contribution in [0.3, 0.4) is 0 Å². The molecular formula is C31H38N8O4. The van der Waals surface area contributed by atoms with Gasteiger partial charge >= 0.3 is 0 Å². The lowest BCUT2D eigenvalue weighted by Gasteiger charge is -2.33. The molecule has 0 spiro atoms. The van der Waals surface area contributed by atoms with Crippen molar-refractivity contribution in [3.63, 3.8) is 0 Å². The number of rotatable bonds is 7. The molecule has 5 aliphatic heterocycles. The normalized spacial score (nSPS) is 27.1. The summed E-state index contributed by atoms with van der Waals surface area (Å²) >= 11 is 0. The lowest BCUT2D eigenvalue weighted by Crippen LogP contribution is -2.48. The fraction of sp³-hybridized carbons (Fsp3) is 0.581. The van der Waals surface area contributed by atoms with Crippen LogP contribution in [-0.2, 0) is 22.5 Å². The summed E-state index contributed by atoms with van der Waals surface area (Å²) in [4.78, 5) is 39.3. The third-order valence-corrected chi connectivity index (χ3v) is 9.97. The minimum atomic E-state index is -0.540. The molecule has 0 aliphatic carbocycles. The third kappa shape index (κ3) is 4.90. The van der Waals surface area contributed by atoms with E-state index in [1.165, 1.54) is 25.7 Å². The number of anilines is 3. The number of aromatic nitrogens is 4. The van der Waals surface area contributed by atoms with Crippen LogP contribution in [0.5, 0.6) is 0 Å². The van der Waals surface area contributed by atoms with Crippen LogP contribution in [0.15, 0.2) is 24.4 Å². The predicted molar refractivity (Wildman–Crippen MR) is 159 cm³/mol. The van der Waals surface area contributed by atoms with E-state index in [1.54, 1.807) is 0 Å². The molecule has 1 amide bonds. The van der Waals surface area contributed by atoms with Gasteiger partial charge < -0.3 is 30.1 Å². The molecule has 3 N–H and O–H groups in total. The van der Waals surface area contributed by atoms with E-state index in [0.29, 0.717) is 82.0 Å². The highest BCUT2D eigenvalue weighted by Crippen LogP contribution is 2.43. The van der Waals surface area contributed by atoms with Gasteiger partial charge in [-0.2, -0.15) is 0 Å². The van der Waals surface area contributed by atoms with Gasteiger partial charge in [-0.05, 0) is 49.8 Å². The molecule has 3 aromatic rings. The Balaban J connectivity index is 1.02. The van der Waals surface area contributed by atoms with Crippen LogP contribution in [0.2, 0.25) is 0 Å². The number of aliphatic hydroxyl groups is 2. The Bertz CT molecular complexity index is 1530. The number of aliphatic hydroxyl groups excluding tert-OH is 2. The van der Waals surface area contributed by atoms with Gasteiger partial charge in [-0.15, -0.1) is 0 Å². The summed E-state index contributed by atoms with van der Waals surface area (Å²) in [6, 6.07) is 6.72. The SMILES string of the molecule is O=C([C@@H]1C[C@@H](O)CN1CCO)N1CCc2nc(Nc3ncc4cc(C5COC5)nc(N5C6CCC5CC6)c4n3)ccc2C1. The van der Waals surface area contributed by atoms with Gasteiger partial charge in [-0.3, -0.25) is 9.69 Å². The zero-order valence-corrected chi connectivity index (χ0v) is 24.2. The fourth-order valence-electron chi connectivity index (χ4n) is 7.67. The van der Waals surface area contributed by atoms with Crippen molar-refractivity contribution < 1.29 is 19.7 Å². The molecule has 43 heavy (non-hydrogen) atoms. The van der Waals surface area contributed by atoms with Crippen LogP contribution < -0.4 is 10.2 Å². The van der Waals surface area contributed by atoms with Crippen molar-refractivity contribution in [2.24, 2.45) is 0 Å². The number of nitrogens with zero attached hydrogens (tertiary/aromatic N) is 7. The molecule has 12 nitrogen and oxygen atoms in total. The van der Waals surface area contributed by atoms with Gasteiger partial charge in [0.15, 0.2) is 5.82 Å². The summed E-state index contributed by atoms with van der Waals surface area (Å²) in [5, 5.41) is 23.8. The number of ether oxygens (including phenoxy) is 1. The van der Waals surface area contributed by atoms with Gasteiger partial charge in [0.1, 0.15) is 11.3 Å². The fourth-order valence-corrected chi connectivity index (χ4v) is 7.67. The van der Waals surface area contributed by atoms with Crippen LogP contribution in [0.25, 0.3) is 10.9 Å². The van der Waals surface area contributed by atoms with Crippen molar-refractivity contribution >= 4 is 34.4 Å². The average molecular weight is 587 g/mol. The second-order valence-corrected chi connectivity index (χ2v) is 12.7. The number of nitrogens with one attached hydrogen (secondary N) is 1. The number of hydrogen-bond donors (Lipinski definition) is 3. The first kappa shape index (κ1) is 27.1. The first-order valence-electron chi connectivity index (χ1n) is 15.7. The average Bonchev–Trinajstić information content (AvgIpc) is 3.69. The Labute approximate surface area is 250 Å². The third-order valence-electron chi connectivity index (χ3n) is 9.97. The van der Waals surface area contributed by atoms with Gasteiger partial charge in [0.2, 0.25) is 11.9 Å². The van der Waals surface area contributed by atoms with Crippen molar-refractivity contribution in [3.8, 4) is 0 Å². The van der Waals surface area contributed by atoms with Gasteiger partial charge in [-0.25, -0.2) is 19.9 Å². The maximum Gasteiger partial charge on any atom is 0.240 e. The molecule has 0 unspecified atom stereocenters. The Morgan fingerprint density at radius 2 is 1.91 bits per heavy atom. The number of likely N-dealkylation sites (tertiary alicyclic amines) is 1. The van der Waals surface area contributed by atoms with Crippen molar-refractivity contribution in [3.05, 3.63) is 41.3 Å². The first-order valence-corrected chi connectivity index (χ1v) is 15.7. The van der Waals surface area contributed by atoms with E-state index in [9.17, 15) is 15.0 Å². The standard InChI is InChI=1S/C31H38N8O4/c40-10-9-37-15-23(41)12-26(37)30(42)38-8-7-24-18(14-38)1-6-27(33-24)35-31-32-13-19-11-25(20-16-43-17-20)34-29(28(19)36-31)39-21-2-3-22(39)5-4-21/h1,6,11,13,20-23,26,40-41H,2-5,7-10,12,14-17H2,(H,32,33,35,36)/t21?,22?,23-,26+/m1/s1. The summed E-state index contributed by atoms with van der Waals surface area (Å²) in [5.74, 6) is 2.48.